The first-order valence-corrected chi connectivity index (χ1v) is 5.35. The number of nitrogens with zero attached hydrogens (tertiary/aromatic N) is 2. The zero-order valence-electron chi connectivity index (χ0n) is 7.01. The second-order valence-electron chi connectivity index (χ2n) is 2.06. The second kappa shape index (κ2) is 7.08. The van der Waals surface area contributed by atoms with E-state index in [1.165, 1.54) is 0 Å². The maximum Gasteiger partial charge on any atom is 0.314 e. The van der Waals surface area contributed by atoms with E-state index in [0.29, 0.717) is 0 Å². The van der Waals surface area contributed by atoms with Crippen molar-refractivity contribution >= 4 is 20.9 Å². The number of nitrogens with one attached hydrogen (secondary N) is 1. The van der Waals surface area contributed by atoms with E-state index in [-0.39, 0.29) is 5.25 Å². The smallest absolute Gasteiger partial charge is 0.314 e. The molecule has 6 nitrogen and oxygen atoms in total. The summed E-state index contributed by atoms with van der Waals surface area (Å²) in [5.41, 5.74) is 0. The molecule has 8 heteroatoms. The maximum absolute atomic E-state index is 8.74. The predicted molar refractivity (Wildman–Crippen MR) is 51.8 cm³/mol. The second-order valence-corrected chi connectivity index (χ2v) is 3.25. The summed E-state index contributed by atoms with van der Waals surface area (Å²) in [4.78, 5) is 18.3. The predicted octanol–water partition coefficient (Wildman–Crippen LogP) is 0.546. The van der Waals surface area contributed by atoms with Gasteiger partial charge in [0.15, 0.2) is 5.82 Å². The van der Waals surface area contributed by atoms with Crippen LogP contribution < -0.4 is 0 Å². The van der Waals surface area contributed by atoms with Gasteiger partial charge >= 0.3 is 8.25 Å². The maximum atomic E-state index is 8.74. The molecule has 1 rings (SSSR count). The molecular formula is C5H12N3O3PS. The summed E-state index contributed by atoms with van der Waals surface area (Å²) in [6, 6.07) is 0. The molecule has 1 atom stereocenters. The van der Waals surface area contributed by atoms with Gasteiger partial charge in [-0.1, -0.05) is 6.92 Å². The molecule has 76 valence electrons. The van der Waals surface area contributed by atoms with Crippen molar-refractivity contribution in [2.24, 2.45) is 0 Å². The van der Waals surface area contributed by atoms with Gasteiger partial charge in [0.1, 0.15) is 6.33 Å². The van der Waals surface area contributed by atoms with Gasteiger partial charge in [0.05, 0.1) is 5.25 Å². The summed E-state index contributed by atoms with van der Waals surface area (Å²) < 4.78 is 8.74. The Bertz CT molecular complexity index is 239. The van der Waals surface area contributed by atoms with Gasteiger partial charge < -0.3 is 9.79 Å². The Morgan fingerprint density at radius 1 is 1.77 bits per heavy atom. The van der Waals surface area contributed by atoms with Gasteiger partial charge in [-0.05, 0) is 6.42 Å². The van der Waals surface area contributed by atoms with Crippen LogP contribution in [0.5, 0.6) is 0 Å². The van der Waals surface area contributed by atoms with Gasteiger partial charge in [-0.3, -0.25) is 9.66 Å². The molecule has 1 aromatic rings. The molecule has 0 aromatic carbocycles. The Morgan fingerprint density at radius 2 is 2.31 bits per heavy atom. The van der Waals surface area contributed by atoms with Gasteiger partial charge in [0.25, 0.3) is 0 Å². The zero-order chi connectivity index (χ0) is 10.3. The Hall–Kier alpha value is -0.360. The number of H-pyrrole nitrogens is 1. The van der Waals surface area contributed by atoms with Crippen molar-refractivity contribution in [3.63, 3.8) is 0 Å². The van der Waals surface area contributed by atoms with Crippen molar-refractivity contribution in [2.75, 3.05) is 0 Å². The van der Waals surface area contributed by atoms with Crippen LogP contribution in [-0.4, -0.2) is 25.0 Å². The van der Waals surface area contributed by atoms with E-state index in [1.54, 1.807) is 6.33 Å². The van der Waals surface area contributed by atoms with Crippen molar-refractivity contribution in [1.82, 2.24) is 15.2 Å². The minimum absolute atomic E-state index is 0.177. The topological polar surface area (TPSA) is 99.1 Å². The van der Waals surface area contributed by atoms with Crippen LogP contribution in [0.4, 0.5) is 0 Å². The summed E-state index contributed by atoms with van der Waals surface area (Å²) >= 11 is 4.24. The van der Waals surface area contributed by atoms with Crippen LogP contribution in [0, 0.1) is 0 Å². The third-order valence-corrected chi connectivity index (χ3v) is 1.71. The van der Waals surface area contributed by atoms with E-state index in [9.17, 15) is 0 Å². The van der Waals surface area contributed by atoms with Gasteiger partial charge in [0, 0.05) is 0 Å². The number of hydrogen-bond acceptors (Lipinski definition) is 4. The molecule has 0 aliphatic carbocycles. The molecule has 1 aromatic heterocycles. The monoisotopic (exact) mass is 225 g/mol. The first-order valence-electron chi connectivity index (χ1n) is 3.53. The highest BCUT2D eigenvalue weighted by atomic mass is 32.1. The van der Waals surface area contributed by atoms with Crippen molar-refractivity contribution in [3.8, 4) is 0 Å². The fraction of sp³-hybridized carbons (Fsp3) is 0.600. The van der Waals surface area contributed by atoms with Crippen molar-refractivity contribution in [1.29, 1.82) is 0 Å². The third-order valence-electron chi connectivity index (χ3n) is 1.12. The van der Waals surface area contributed by atoms with Crippen LogP contribution in [0.25, 0.3) is 0 Å². The van der Waals surface area contributed by atoms with Crippen LogP contribution in [0.15, 0.2) is 6.33 Å². The fourth-order valence-electron chi connectivity index (χ4n) is 0.562. The quantitative estimate of drug-likeness (QED) is 0.435. The third kappa shape index (κ3) is 6.77. The first-order chi connectivity index (χ1) is 6.07. The molecular weight excluding hydrogens is 213 g/mol. The van der Waals surface area contributed by atoms with E-state index in [0.717, 1.165) is 12.2 Å². The minimum atomic E-state index is -3.13. The number of rotatable bonds is 2. The van der Waals surface area contributed by atoms with E-state index in [1.807, 2.05) is 6.92 Å². The molecule has 0 radical (unpaired) electrons. The fourth-order valence-corrected chi connectivity index (χ4v) is 0.686. The molecule has 0 saturated heterocycles. The van der Waals surface area contributed by atoms with E-state index in [4.69, 9.17) is 14.4 Å². The standard InChI is InChI=1S/C5H9N3S.H3O3P/c1-2-4(9)5-6-3-7-8-5;1-4(2)3/h3-4,9H,2H2,1H3,(H,6,7,8);4H,(H2,1,2,3). The SMILES string of the molecule is CCC(S)c1nc[nH]n1.O=[PH](O)O. The molecule has 1 unspecified atom stereocenters. The van der Waals surface area contributed by atoms with Crippen LogP contribution in [0.3, 0.4) is 0 Å². The van der Waals surface area contributed by atoms with E-state index >= 15 is 0 Å². The van der Waals surface area contributed by atoms with Gasteiger partial charge in [-0.2, -0.15) is 17.7 Å². The highest BCUT2D eigenvalue weighted by Crippen LogP contribution is 2.17. The van der Waals surface area contributed by atoms with Crippen LogP contribution >= 0.6 is 20.9 Å². The number of aromatic amines is 1. The molecule has 0 amide bonds. The highest BCUT2D eigenvalue weighted by molar-refractivity contribution is 7.80. The van der Waals surface area contributed by atoms with Crippen LogP contribution in [-0.2, 0) is 4.57 Å². The average Bonchev–Trinajstić information content (AvgIpc) is 2.54. The Morgan fingerprint density at radius 3 is 2.62 bits per heavy atom. The highest BCUT2D eigenvalue weighted by Gasteiger charge is 2.05. The van der Waals surface area contributed by atoms with Gasteiger partial charge in [-0.15, -0.1) is 0 Å². The molecule has 1 heterocycles. The lowest BCUT2D eigenvalue weighted by Crippen LogP contribution is -1.90. The molecule has 0 fully saturated rings. The van der Waals surface area contributed by atoms with Crippen molar-refractivity contribution in [2.45, 2.75) is 18.6 Å². The molecule has 0 bridgehead atoms. The number of aromatic nitrogens is 3. The minimum Gasteiger partial charge on any atom is -0.326 e. The summed E-state index contributed by atoms with van der Waals surface area (Å²) in [7, 11) is -3.13. The lowest BCUT2D eigenvalue weighted by Gasteiger charge is -1.98. The molecule has 3 N–H and O–H groups in total. The molecule has 0 aliphatic heterocycles. The molecule has 13 heavy (non-hydrogen) atoms. The summed E-state index contributed by atoms with van der Waals surface area (Å²) in [5.74, 6) is 0.779. The molecule has 0 spiro atoms. The molecule has 0 saturated carbocycles. The summed E-state index contributed by atoms with van der Waals surface area (Å²) in [5, 5.41) is 6.69. The van der Waals surface area contributed by atoms with Gasteiger partial charge in [0.2, 0.25) is 0 Å². The summed E-state index contributed by atoms with van der Waals surface area (Å²) in [6.07, 6.45) is 2.52. The van der Waals surface area contributed by atoms with Crippen molar-refractivity contribution < 1.29 is 14.4 Å². The lowest BCUT2D eigenvalue weighted by atomic mass is 10.3. The number of hydrogen-bond donors (Lipinski definition) is 4. The van der Waals surface area contributed by atoms with Crippen molar-refractivity contribution in [3.05, 3.63) is 12.2 Å². The summed E-state index contributed by atoms with van der Waals surface area (Å²) in [6.45, 7) is 2.05. The average molecular weight is 225 g/mol. The number of thiol groups is 1. The largest absolute Gasteiger partial charge is 0.326 e. The Balaban J connectivity index is 0.000000310. The zero-order valence-corrected chi connectivity index (χ0v) is 8.90. The van der Waals surface area contributed by atoms with Crippen LogP contribution in [0.1, 0.15) is 24.4 Å². The molecule has 0 aliphatic rings. The van der Waals surface area contributed by atoms with E-state index in [2.05, 4.69) is 27.8 Å². The Kier molecular flexibility index (Phi) is 6.89. The van der Waals surface area contributed by atoms with Crippen LogP contribution in [0.2, 0.25) is 0 Å². The lowest BCUT2D eigenvalue weighted by molar-refractivity contribution is 0.405. The first kappa shape index (κ1) is 12.6. The normalized spacial score (nSPS) is 12.1. The van der Waals surface area contributed by atoms with Gasteiger partial charge in [-0.25, -0.2) is 4.98 Å². The Labute approximate surface area is 81.8 Å². The van der Waals surface area contributed by atoms with E-state index < -0.39 is 8.25 Å².